The Bertz CT molecular complexity index is 1210. The molecular weight excluding hydrogens is 476 g/mol. The fourth-order valence-corrected chi connectivity index (χ4v) is 4.87. The molecule has 1 aliphatic rings. The van der Waals surface area contributed by atoms with E-state index in [9.17, 15) is 0 Å². The van der Waals surface area contributed by atoms with Gasteiger partial charge in [0, 0.05) is 26.5 Å². The van der Waals surface area contributed by atoms with E-state index in [-0.39, 0.29) is 0 Å². The number of hydrogen-bond acceptors (Lipinski definition) is 4. The summed E-state index contributed by atoms with van der Waals surface area (Å²) in [6, 6.07) is 15.8. The van der Waals surface area contributed by atoms with Crippen molar-refractivity contribution in [1.82, 2.24) is 20.0 Å². The van der Waals surface area contributed by atoms with Gasteiger partial charge in [0.2, 0.25) is 5.89 Å². The van der Waals surface area contributed by atoms with Crippen LogP contribution in [0.15, 0.2) is 57.4 Å². The zero-order valence-corrected chi connectivity index (χ0v) is 19.5. The van der Waals surface area contributed by atoms with Crippen molar-refractivity contribution in [3.63, 3.8) is 0 Å². The minimum Gasteiger partial charge on any atom is -0.419 e. The van der Waals surface area contributed by atoms with Crippen LogP contribution in [-0.4, -0.2) is 20.0 Å². The lowest BCUT2D eigenvalue weighted by atomic mass is 9.89. The molecule has 1 fully saturated rings. The summed E-state index contributed by atoms with van der Waals surface area (Å²) in [7, 11) is 0. The summed E-state index contributed by atoms with van der Waals surface area (Å²) in [5.74, 6) is 1.56. The smallest absolute Gasteiger partial charge is 0.268 e. The number of halogens is 2. The van der Waals surface area contributed by atoms with Gasteiger partial charge in [0.1, 0.15) is 0 Å². The molecule has 2 heterocycles. The second-order valence-electron chi connectivity index (χ2n) is 7.97. The van der Waals surface area contributed by atoms with E-state index in [1.165, 1.54) is 19.3 Å². The molecule has 4 aromatic rings. The second-order valence-corrected chi connectivity index (χ2v) is 9.26. The molecule has 0 unspecified atom stereocenters. The van der Waals surface area contributed by atoms with Gasteiger partial charge in [-0.25, -0.2) is 4.68 Å². The molecule has 0 spiro atoms. The predicted molar refractivity (Wildman–Crippen MR) is 126 cm³/mol. The molecule has 31 heavy (non-hydrogen) atoms. The summed E-state index contributed by atoms with van der Waals surface area (Å²) in [4.78, 5) is 0. The highest BCUT2D eigenvalue weighted by Gasteiger charge is 2.26. The third-order valence-electron chi connectivity index (χ3n) is 5.92. The fraction of sp³-hybridized carbons (Fsp3) is 0.292. The lowest BCUT2D eigenvalue weighted by Crippen LogP contribution is -2.04. The Balaban J connectivity index is 1.64. The number of nitrogens with zero attached hydrogens (tertiary/aromatic N) is 4. The van der Waals surface area contributed by atoms with Crippen LogP contribution < -0.4 is 0 Å². The Hall–Kier alpha value is -2.44. The third kappa shape index (κ3) is 3.94. The van der Waals surface area contributed by atoms with Crippen molar-refractivity contribution in [2.45, 2.75) is 44.9 Å². The van der Waals surface area contributed by atoms with Crippen LogP contribution in [0.3, 0.4) is 0 Å². The highest BCUT2D eigenvalue weighted by Crippen LogP contribution is 2.37. The van der Waals surface area contributed by atoms with Crippen LogP contribution in [-0.2, 0) is 0 Å². The minimum absolute atomic E-state index is 0.358. The van der Waals surface area contributed by atoms with Crippen LogP contribution in [0.1, 0.15) is 49.5 Å². The quantitative estimate of drug-likeness (QED) is 0.295. The van der Waals surface area contributed by atoms with Crippen molar-refractivity contribution in [3.8, 4) is 28.5 Å². The Morgan fingerprint density at radius 2 is 1.74 bits per heavy atom. The molecule has 0 saturated heterocycles. The Kier molecular flexibility index (Phi) is 5.67. The summed E-state index contributed by atoms with van der Waals surface area (Å²) >= 11 is 9.80. The first kappa shape index (κ1) is 20.5. The Morgan fingerprint density at radius 3 is 2.48 bits per heavy atom. The van der Waals surface area contributed by atoms with Gasteiger partial charge < -0.3 is 4.42 Å². The average Bonchev–Trinajstić information content (AvgIpc) is 3.40. The fourth-order valence-electron chi connectivity index (χ4n) is 4.29. The van der Waals surface area contributed by atoms with Gasteiger partial charge in [-0.2, -0.15) is 5.10 Å². The van der Waals surface area contributed by atoms with Crippen molar-refractivity contribution in [2.24, 2.45) is 0 Å². The largest absolute Gasteiger partial charge is 0.419 e. The van der Waals surface area contributed by atoms with Gasteiger partial charge in [0.15, 0.2) is 5.69 Å². The number of benzene rings is 2. The summed E-state index contributed by atoms with van der Waals surface area (Å²) in [6.07, 6.45) is 5.96. The molecule has 158 valence electrons. The summed E-state index contributed by atoms with van der Waals surface area (Å²) < 4.78 is 9.03. The molecule has 2 aromatic carbocycles. The monoisotopic (exact) mass is 496 g/mol. The van der Waals surface area contributed by atoms with E-state index in [4.69, 9.17) is 21.1 Å². The molecule has 7 heteroatoms. The Morgan fingerprint density at radius 1 is 1.00 bits per heavy atom. The van der Waals surface area contributed by atoms with Gasteiger partial charge in [-0.1, -0.05) is 55.1 Å². The molecule has 0 N–H and O–H groups in total. The van der Waals surface area contributed by atoms with Crippen LogP contribution in [0.25, 0.3) is 28.5 Å². The lowest BCUT2D eigenvalue weighted by Gasteiger charge is -2.17. The maximum atomic E-state index is 6.15. The van der Waals surface area contributed by atoms with Gasteiger partial charge in [-0.15, -0.1) is 10.2 Å². The highest BCUT2D eigenvalue weighted by molar-refractivity contribution is 9.10. The van der Waals surface area contributed by atoms with Crippen molar-refractivity contribution < 1.29 is 4.42 Å². The van der Waals surface area contributed by atoms with E-state index in [2.05, 4.69) is 26.1 Å². The SMILES string of the molecule is Cc1c(-c2nnc(C3CCCCC3)o2)nn(-c2ccccc2Br)c1-c1ccc(Cl)cc1. The van der Waals surface area contributed by atoms with Crippen LogP contribution >= 0.6 is 27.5 Å². The number of rotatable bonds is 4. The molecular formula is C24H22BrClN4O. The first-order valence-electron chi connectivity index (χ1n) is 10.6. The van der Waals surface area contributed by atoms with Gasteiger partial charge in [0.05, 0.1) is 11.4 Å². The lowest BCUT2D eigenvalue weighted by molar-refractivity contribution is 0.366. The van der Waals surface area contributed by atoms with E-state index in [0.29, 0.717) is 22.5 Å². The number of aromatic nitrogens is 4. The molecule has 0 atom stereocenters. The topological polar surface area (TPSA) is 56.7 Å². The van der Waals surface area contributed by atoms with Gasteiger partial charge >= 0.3 is 0 Å². The highest BCUT2D eigenvalue weighted by atomic mass is 79.9. The van der Waals surface area contributed by atoms with Crippen molar-refractivity contribution >= 4 is 27.5 Å². The third-order valence-corrected chi connectivity index (χ3v) is 6.84. The van der Waals surface area contributed by atoms with Gasteiger partial charge in [-0.05, 0) is 60.0 Å². The van der Waals surface area contributed by atoms with E-state index in [0.717, 1.165) is 45.7 Å². The molecule has 0 aliphatic heterocycles. The maximum Gasteiger partial charge on any atom is 0.268 e. The first-order chi connectivity index (χ1) is 15.1. The van der Waals surface area contributed by atoms with Crippen LogP contribution in [0, 0.1) is 6.92 Å². The van der Waals surface area contributed by atoms with Crippen LogP contribution in [0.2, 0.25) is 5.02 Å². The molecule has 2 aromatic heterocycles. The molecule has 5 rings (SSSR count). The summed E-state index contributed by atoms with van der Waals surface area (Å²) in [6.45, 7) is 2.05. The zero-order chi connectivity index (χ0) is 21.4. The maximum absolute atomic E-state index is 6.15. The van der Waals surface area contributed by atoms with Gasteiger partial charge in [-0.3, -0.25) is 0 Å². The normalized spacial score (nSPS) is 14.8. The number of para-hydroxylation sites is 1. The predicted octanol–water partition coefficient (Wildman–Crippen LogP) is 7.36. The van der Waals surface area contributed by atoms with E-state index in [1.54, 1.807) is 0 Å². The minimum atomic E-state index is 0.358. The van der Waals surface area contributed by atoms with Crippen molar-refractivity contribution in [1.29, 1.82) is 0 Å². The van der Waals surface area contributed by atoms with Crippen LogP contribution in [0.5, 0.6) is 0 Å². The first-order valence-corrected chi connectivity index (χ1v) is 11.7. The van der Waals surface area contributed by atoms with E-state index < -0.39 is 0 Å². The zero-order valence-electron chi connectivity index (χ0n) is 17.2. The molecule has 1 saturated carbocycles. The number of hydrogen-bond donors (Lipinski definition) is 0. The summed E-state index contributed by atoms with van der Waals surface area (Å²) in [5.41, 5.74) is 4.61. The van der Waals surface area contributed by atoms with E-state index in [1.807, 2.05) is 60.1 Å². The molecule has 0 bridgehead atoms. The molecule has 5 nitrogen and oxygen atoms in total. The van der Waals surface area contributed by atoms with E-state index >= 15 is 0 Å². The average molecular weight is 498 g/mol. The molecule has 0 amide bonds. The molecule has 1 aliphatic carbocycles. The van der Waals surface area contributed by atoms with Crippen LogP contribution in [0.4, 0.5) is 0 Å². The summed E-state index contributed by atoms with van der Waals surface area (Å²) in [5, 5.41) is 14.4. The Labute approximate surface area is 194 Å². The standard InChI is InChI=1S/C24H22BrClN4O/c1-15-21(24-28-27-23(31-24)17-7-3-2-4-8-17)29-30(20-10-6-5-9-19(20)25)22(15)16-11-13-18(26)14-12-16/h5-6,9-14,17H,2-4,7-8H2,1H3. The van der Waals surface area contributed by atoms with Crippen molar-refractivity contribution in [2.75, 3.05) is 0 Å². The van der Waals surface area contributed by atoms with Crippen molar-refractivity contribution in [3.05, 3.63) is 69.5 Å². The molecule has 0 radical (unpaired) electrons. The van der Waals surface area contributed by atoms with Gasteiger partial charge in [0.25, 0.3) is 5.89 Å². The second kappa shape index (κ2) is 8.60.